The second-order valence-corrected chi connectivity index (χ2v) is 4.61. The zero-order valence-corrected chi connectivity index (χ0v) is 17.5. The van der Waals surface area contributed by atoms with Crippen molar-refractivity contribution in [1.29, 1.82) is 0 Å². The van der Waals surface area contributed by atoms with E-state index in [-0.39, 0.29) is 26.4 Å². The average Bonchev–Trinajstić information content (AvgIpc) is 2.75. The minimum Gasteiger partial charge on any atom is -0.438 e. The Labute approximate surface area is 172 Å². The summed E-state index contributed by atoms with van der Waals surface area (Å²) in [6.45, 7) is 4.49. The molecule has 4 N–H and O–H groups in total. The first-order chi connectivity index (χ1) is 14.1. The van der Waals surface area contributed by atoms with Gasteiger partial charge in [-0.1, -0.05) is 0 Å². The fourth-order valence-electron chi connectivity index (χ4n) is 1.21. The van der Waals surface area contributed by atoms with Crippen LogP contribution in [0.4, 0.5) is 4.79 Å². The Morgan fingerprint density at radius 1 is 0.483 bits per heavy atom. The van der Waals surface area contributed by atoms with E-state index in [1.54, 1.807) is 0 Å². The molecular weight excluding hydrogens is 396 g/mol. The van der Waals surface area contributed by atoms with Gasteiger partial charge in [0, 0.05) is 0 Å². The van der Waals surface area contributed by atoms with Gasteiger partial charge >= 0.3 is 6.16 Å². The Morgan fingerprint density at radius 3 is 0.828 bits per heavy atom. The predicted octanol–water partition coefficient (Wildman–Crippen LogP) is -1.58. The number of ether oxygens (including phenoxy) is 7. The van der Waals surface area contributed by atoms with Crippen molar-refractivity contribution in [3.05, 3.63) is 0 Å². The molecule has 0 rings (SSSR count). The maximum Gasteiger partial charge on any atom is 0.507 e. The second kappa shape index (κ2) is 34.4. The number of aliphatic hydroxyl groups is 4. The van der Waals surface area contributed by atoms with E-state index >= 15 is 0 Å². The molecule has 0 bridgehead atoms. The summed E-state index contributed by atoms with van der Waals surface area (Å²) in [6.07, 6.45) is -0.657. The average molecular weight is 434 g/mol. The summed E-state index contributed by atoms with van der Waals surface area (Å²) in [5.41, 5.74) is 0. The van der Waals surface area contributed by atoms with Crippen molar-refractivity contribution in [2.24, 2.45) is 0 Å². The van der Waals surface area contributed by atoms with Gasteiger partial charge < -0.3 is 53.6 Å². The van der Waals surface area contributed by atoms with Gasteiger partial charge in [0.25, 0.3) is 0 Å². The van der Waals surface area contributed by atoms with Gasteiger partial charge in [-0.2, -0.15) is 0 Å². The molecule has 0 aromatic heterocycles. The van der Waals surface area contributed by atoms with Crippen LogP contribution in [0.3, 0.4) is 0 Å². The van der Waals surface area contributed by atoms with Gasteiger partial charge in [-0.3, -0.25) is 0 Å². The van der Waals surface area contributed by atoms with Crippen LogP contribution in [-0.4, -0.2) is 133 Å². The van der Waals surface area contributed by atoms with Crippen molar-refractivity contribution in [3.8, 4) is 0 Å². The van der Waals surface area contributed by atoms with E-state index in [0.29, 0.717) is 66.1 Å². The molecule has 0 spiro atoms. The van der Waals surface area contributed by atoms with Crippen LogP contribution in [0.1, 0.15) is 0 Å². The van der Waals surface area contributed by atoms with Crippen molar-refractivity contribution in [1.82, 2.24) is 0 Å². The molecule has 29 heavy (non-hydrogen) atoms. The lowest BCUT2D eigenvalue weighted by atomic mass is 10.7. The molecule has 178 valence electrons. The molecule has 0 aliphatic rings. The lowest BCUT2D eigenvalue weighted by Gasteiger charge is -2.04. The van der Waals surface area contributed by atoms with E-state index in [4.69, 9.17) is 44.1 Å². The Kier molecular flexibility index (Phi) is 38.7. The number of carbonyl (C=O) groups is 1. The summed E-state index contributed by atoms with van der Waals surface area (Å²) in [4.78, 5) is 9.74. The maximum absolute atomic E-state index is 9.74. The Bertz CT molecular complexity index is 257. The van der Waals surface area contributed by atoms with Crippen molar-refractivity contribution < 1.29 is 58.4 Å². The van der Waals surface area contributed by atoms with Crippen LogP contribution in [0.5, 0.6) is 0 Å². The largest absolute Gasteiger partial charge is 0.507 e. The Morgan fingerprint density at radius 2 is 0.690 bits per heavy atom. The van der Waals surface area contributed by atoms with Crippen molar-refractivity contribution in [3.63, 3.8) is 0 Å². The quantitative estimate of drug-likeness (QED) is 0.154. The normalized spacial score (nSPS) is 9.72. The van der Waals surface area contributed by atoms with E-state index in [1.165, 1.54) is 14.2 Å². The highest BCUT2D eigenvalue weighted by atomic mass is 16.7. The van der Waals surface area contributed by atoms with Crippen LogP contribution < -0.4 is 0 Å². The molecule has 0 aliphatic carbocycles. The lowest BCUT2D eigenvalue weighted by molar-refractivity contribution is 0.00230. The lowest BCUT2D eigenvalue weighted by Crippen LogP contribution is -2.11. The van der Waals surface area contributed by atoms with Gasteiger partial charge in [-0.15, -0.1) is 0 Å². The minimum absolute atomic E-state index is 0.0413. The molecular formula is C17H38O12. The van der Waals surface area contributed by atoms with Gasteiger partial charge in [0.1, 0.15) is 0 Å². The third-order valence-corrected chi connectivity index (χ3v) is 2.39. The van der Waals surface area contributed by atoms with Gasteiger partial charge in [0.05, 0.1) is 107 Å². The summed E-state index contributed by atoms with van der Waals surface area (Å²) in [6, 6.07) is 0. The number of aliphatic hydroxyl groups excluding tert-OH is 4. The molecule has 0 atom stereocenters. The first-order valence-corrected chi connectivity index (χ1v) is 9.08. The standard InChI is InChI=1S/C8H18O5.C6H14O4.C3H6O3/c9-1-3-11-5-7-13-8-6-12-4-2-10;7-1-3-9-5-6-10-4-2-8;1-5-3(4)6-2/h9-10H,1-8H2;7-8H,1-6H2;1-2H3. The van der Waals surface area contributed by atoms with Gasteiger partial charge in [0.2, 0.25) is 0 Å². The molecule has 0 amide bonds. The third kappa shape index (κ3) is 42.1. The predicted molar refractivity (Wildman–Crippen MR) is 102 cm³/mol. The molecule has 0 fully saturated rings. The van der Waals surface area contributed by atoms with Crippen molar-refractivity contribution in [2.75, 3.05) is 107 Å². The first-order valence-electron chi connectivity index (χ1n) is 9.08. The third-order valence-electron chi connectivity index (χ3n) is 2.39. The summed E-state index contributed by atoms with van der Waals surface area (Å²) in [5, 5.41) is 33.2. The summed E-state index contributed by atoms with van der Waals surface area (Å²) < 4.78 is 32.8. The van der Waals surface area contributed by atoms with Crippen LogP contribution in [0.2, 0.25) is 0 Å². The summed E-state index contributed by atoms with van der Waals surface area (Å²) in [7, 11) is 2.51. The molecule has 0 aliphatic heterocycles. The SMILES string of the molecule is COC(=O)OC.OCCOCCOCCO.OCCOCCOCCOCCO. The monoisotopic (exact) mass is 434 g/mol. The molecule has 0 heterocycles. The molecule has 0 unspecified atom stereocenters. The number of hydrogen-bond donors (Lipinski definition) is 4. The maximum atomic E-state index is 9.74. The molecule has 12 nitrogen and oxygen atoms in total. The van der Waals surface area contributed by atoms with Crippen LogP contribution in [0.15, 0.2) is 0 Å². The van der Waals surface area contributed by atoms with E-state index in [0.717, 1.165) is 0 Å². The van der Waals surface area contributed by atoms with Crippen molar-refractivity contribution in [2.45, 2.75) is 0 Å². The fourth-order valence-corrected chi connectivity index (χ4v) is 1.21. The highest BCUT2D eigenvalue weighted by molar-refractivity contribution is 5.59. The minimum atomic E-state index is -0.657. The molecule has 12 heteroatoms. The Hall–Kier alpha value is -1.09. The zero-order valence-electron chi connectivity index (χ0n) is 17.5. The molecule has 0 saturated heterocycles. The number of rotatable bonds is 17. The Balaban J connectivity index is -0.000000375. The number of hydrogen-bond acceptors (Lipinski definition) is 12. The topological polar surface area (TPSA) is 163 Å². The fraction of sp³-hybridized carbons (Fsp3) is 0.941. The van der Waals surface area contributed by atoms with Gasteiger partial charge in [0.15, 0.2) is 0 Å². The smallest absolute Gasteiger partial charge is 0.438 e. The second-order valence-electron chi connectivity index (χ2n) is 4.61. The van der Waals surface area contributed by atoms with Crippen LogP contribution in [0, 0.1) is 0 Å². The molecule has 0 saturated carbocycles. The van der Waals surface area contributed by atoms with Crippen LogP contribution in [-0.2, 0) is 33.2 Å². The highest BCUT2D eigenvalue weighted by Gasteiger charge is 1.90. The van der Waals surface area contributed by atoms with Crippen LogP contribution in [0.25, 0.3) is 0 Å². The molecule has 0 radical (unpaired) electrons. The summed E-state index contributed by atoms with van der Waals surface area (Å²) in [5.74, 6) is 0. The first kappa shape index (κ1) is 32.6. The van der Waals surface area contributed by atoms with Crippen LogP contribution >= 0.6 is 0 Å². The molecule has 0 aromatic carbocycles. The van der Waals surface area contributed by atoms with E-state index < -0.39 is 6.16 Å². The molecule has 0 aromatic rings. The van der Waals surface area contributed by atoms with E-state index in [1.807, 2.05) is 0 Å². The van der Waals surface area contributed by atoms with Gasteiger partial charge in [-0.25, -0.2) is 4.79 Å². The van der Waals surface area contributed by atoms with E-state index in [9.17, 15) is 4.79 Å². The number of carbonyl (C=O) groups excluding carboxylic acids is 1. The van der Waals surface area contributed by atoms with Crippen molar-refractivity contribution >= 4 is 6.16 Å². The van der Waals surface area contributed by atoms with E-state index in [2.05, 4.69) is 9.47 Å². The number of methoxy groups -OCH3 is 2. The zero-order chi connectivity index (χ0) is 22.4. The summed E-state index contributed by atoms with van der Waals surface area (Å²) >= 11 is 0. The van der Waals surface area contributed by atoms with Gasteiger partial charge in [-0.05, 0) is 0 Å². The highest BCUT2D eigenvalue weighted by Crippen LogP contribution is 1.80.